The SMILES string of the molecule is CNCCc1cn2nc(-c3cccnc3)ccc2n1. The number of imidazole rings is 1. The summed E-state index contributed by atoms with van der Waals surface area (Å²) < 4.78 is 1.83. The quantitative estimate of drug-likeness (QED) is 0.766. The Bertz CT molecular complexity index is 675. The molecule has 3 rings (SSSR count). The minimum atomic E-state index is 0.874. The van der Waals surface area contributed by atoms with Gasteiger partial charge in [-0.15, -0.1) is 0 Å². The van der Waals surface area contributed by atoms with Gasteiger partial charge in [0.2, 0.25) is 0 Å². The summed E-state index contributed by atoms with van der Waals surface area (Å²) in [6, 6.07) is 7.87. The number of nitrogens with one attached hydrogen (secondary N) is 1. The van der Waals surface area contributed by atoms with Crippen LogP contribution in [0.15, 0.2) is 42.9 Å². The lowest BCUT2D eigenvalue weighted by Gasteiger charge is -1.99. The second kappa shape index (κ2) is 5.16. The minimum absolute atomic E-state index is 0.874. The second-order valence-corrected chi connectivity index (χ2v) is 4.35. The Morgan fingerprint density at radius 3 is 3.00 bits per heavy atom. The number of likely N-dealkylation sites (N-methyl/N-ethyl adjacent to an activating group) is 1. The molecule has 5 heteroatoms. The summed E-state index contributed by atoms with van der Waals surface area (Å²) in [6.45, 7) is 0.916. The van der Waals surface area contributed by atoms with Crippen molar-refractivity contribution in [2.24, 2.45) is 0 Å². The third kappa shape index (κ3) is 2.46. The van der Waals surface area contributed by atoms with Crippen LogP contribution in [-0.4, -0.2) is 33.2 Å². The molecular weight excluding hydrogens is 238 g/mol. The van der Waals surface area contributed by atoms with Gasteiger partial charge in [-0.25, -0.2) is 9.50 Å². The van der Waals surface area contributed by atoms with Crippen LogP contribution in [0.3, 0.4) is 0 Å². The van der Waals surface area contributed by atoms with E-state index in [2.05, 4.69) is 20.4 Å². The molecule has 0 saturated carbocycles. The Kier molecular flexibility index (Phi) is 3.20. The first-order valence-electron chi connectivity index (χ1n) is 6.27. The zero-order valence-electron chi connectivity index (χ0n) is 10.7. The van der Waals surface area contributed by atoms with Crippen LogP contribution in [0.25, 0.3) is 16.9 Å². The van der Waals surface area contributed by atoms with E-state index in [1.54, 1.807) is 6.20 Å². The van der Waals surface area contributed by atoms with Gasteiger partial charge in [0.05, 0.1) is 17.6 Å². The summed E-state index contributed by atoms with van der Waals surface area (Å²) in [4.78, 5) is 8.64. The normalized spacial score (nSPS) is 11.0. The van der Waals surface area contributed by atoms with E-state index in [1.165, 1.54) is 0 Å². The van der Waals surface area contributed by atoms with E-state index in [0.29, 0.717) is 0 Å². The summed E-state index contributed by atoms with van der Waals surface area (Å²) in [6.07, 6.45) is 6.46. The summed E-state index contributed by atoms with van der Waals surface area (Å²) in [5, 5.41) is 7.69. The monoisotopic (exact) mass is 253 g/mol. The zero-order chi connectivity index (χ0) is 13.1. The van der Waals surface area contributed by atoms with E-state index in [-0.39, 0.29) is 0 Å². The fourth-order valence-electron chi connectivity index (χ4n) is 1.97. The highest BCUT2D eigenvalue weighted by Gasteiger charge is 2.05. The molecule has 19 heavy (non-hydrogen) atoms. The molecule has 0 amide bonds. The molecular formula is C14H15N5. The molecule has 0 fully saturated rings. The molecule has 96 valence electrons. The lowest BCUT2D eigenvalue weighted by Crippen LogP contribution is -2.10. The molecule has 0 atom stereocenters. The number of hydrogen-bond acceptors (Lipinski definition) is 4. The first-order valence-corrected chi connectivity index (χ1v) is 6.27. The average molecular weight is 253 g/mol. The number of nitrogens with zero attached hydrogens (tertiary/aromatic N) is 4. The van der Waals surface area contributed by atoms with Crippen molar-refractivity contribution in [3.05, 3.63) is 48.5 Å². The molecule has 0 unspecified atom stereocenters. The molecule has 0 aromatic carbocycles. The van der Waals surface area contributed by atoms with Gasteiger partial charge in [0.15, 0.2) is 5.65 Å². The van der Waals surface area contributed by atoms with Crippen molar-refractivity contribution in [1.29, 1.82) is 0 Å². The largest absolute Gasteiger partial charge is 0.319 e. The van der Waals surface area contributed by atoms with E-state index in [4.69, 9.17) is 0 Å². The van der Waals surface area contributed by atoms with E-state index in [1.807, 2.05) is 48.2 Å². The van der Waals surface area contributed by atoms with Crippen molar-refractivity contribution in [3.63, 3.8) is 0 Å². The number of hydrogen-bond donors (Lipinski definition) is 1. The van der Waals surface area contributed by atoms with Crippen LogP contribution in [0.2, 0.25) is 0 Å². The number of aromatic nitrogens is 4. The van der Waals surface area contributed by atoms with Gasteiger partial charge in [0.1, 0.15) is 0 Å². The van der Waals surface area contributed by atoms with Gasteiger partial charge in [-0.1, -0.05) is 0 Å². The fraction of sp³-hybridized carbons (Fsp3) is 0.214. The van der Waals surface area contributed by atoms with E-state index in [0.717, 1.165) is 35.6 Å². The van der Waals surface area contributed by atoms with Crippen molar-refractivity contribution in [3.8, 4) is 11.3 Å². The molecule has 3 heterocycles. The summed E-state index contributed by atoms with van der Waals surface area (Å²) in [5.41, 5.74) is 3.83. The topological polar surface area (TPSA) is 55.1 Å². The lowest BCUT2D eigenvalue weighted by atomic mass is 10.2. The number of pyridine rings is 1. The third-order valence-corrected chi connectivity index (χ3v) is 2.96. The Hall–Kier alpha value is -2.27. The van der Waals surface area contributed by atoms with Gasteiger partial charge in [-0.3, -0.25) is 4.98 Å². The summed E-state index contributed by atoms with van der Waals surface area (Å²) in [7, 11) is 1.94. The first-order chi connectivity index (χ1) is 9.36. The second-order valence-electron chi connectivity index (χ2n) is 4.35. The van der Waals surface area contributed by atoms with E-state index in [9.17, 15) is 0 Å². The van der Waals surface area contributed by atoms with Gasteiger partial charge in [0.25, 0.3) is 0 Å². The van der Waals surface area contributed by atoms with Gasteiger partial charge >= 0.3 is 0 Å². The Balaban J connectivity index is 1.97. The van der Waals surface area contributed by atoms with Crippen molar-refractivity contribution in [2.75, 3.05) is 13.6 Å². The van der Waals surface area contributed by atoms with Crippen LogP contribution in [-0.2, 0) is 6.42 Å². The van der Waals surface area contributed by atoms with Crippen LogP contribution >= 0.6 is 0 Å². The molecule has 5 nitrogen and oxygen atoms in total. The minimum Gasteiger partial charge on any atom is -0.319 e. The highest BCUT2D eigenvalue weighted by atomic mass is 15.2. The van der Waals surface area contributed by atoms with Crippen molar-refractivity contribution in [2.45, 2.75) is 6.42 Å². The molecule has 0 aliphatic heterocycles. The number of fused-ring (bicyclic) bond motifs is 1. The lowest BCUT2D eigenvalue weighted by molar-refractivity contribution is 0.779. The van der Waals surface area contributed by atoms with E-state index < -0.39 is 0 Å². The molecule has 0 bridgehead atoms. The van der Waals surface area contributed by atoms with Crippen LogP contribution in [0.1, 0.15) is 5.69 Å². The predicted octanol–water partition coefficient (Wildman–Crippen LogP) is 1.55. The Morgan fingerprint density at radius 1 is 1.26 bits per heavy atom. The maximum absolute atomic E-state index is 4.57. The standard InChI is InChI=1S/C14H15N5/c1-15-8-6-12-10-19-14(17-12)5-4-13(18-19)11-3-2-7-16-9-11/h2-5,7,9-10,15H,6,8H2,1H3. The molecule has 0 aliphatic carbocycles. The molecule has 0 aliphatic rings. The highest BCUT2D eigenvalue weighted by molar-refractivity contribution is 5.58. The first kappa shape index (κ1) is 11.8. The fourth-order valence-corrected chi connectivity index (χ4v) is 1.97. The maximum Gasteiger partial charge on any atom is 0.153 e. The van der Waals surface area contributed by atoms with Crippen molar-refractivity contribution in [1.82, 2.24) is 24.9 Å². The molecule has 3 aromatic rings. The Morgan fingerprint density at radius 2 is 2.21 bits per heavy atom. The predicted molar refractivity (Wildman–Crippen MR) is 73.8 cm³/mol. The summed E-state index contributed by atoms with van der Waals surface area (Å²) in [5.74, 6) is 0. The van der Waals surface area contributed by atoms with Gasteiger partial charge in [-0.2, -0.15) is 5.10 Å². The summed E-state index contributed by atoms with van der Waals surface area (Å²) >= 11 is 0. The molecule has 1 N–H and O–H groups in total. The van der Waals surface area contributed by atoms with Crippen molar-refractivity contribution >= 4 is 5.65 Å². The van der Waals surface area contributed by atoms with Crippen LogP contribution < -0.4 is 5.32 Å². The van der Waals surface area contributed by atoms with Crippen LogP contribution in [0, 0.1) is 0 Å². The zero-order valence-corrected chi connectivity index (χ0v) is 10.7. The molecule has 0 spiro atoms. The maximum atomic E-state index is 4.57. The molecule has 0 radical (unpaired) electrons. The van der Waals surface area contributed by atoms with Gasteiger partial charge in [-0.05, 0) is 31.3 Å². The highest BCUT2D eigenvalue weighted by Crippen LogP contribution is 2.15. The van der Waals surface area contributed by atoms with Crippen LogP contribution in [0.5, 0.6) is 0 Å². The Labute approximate surface area is 111 Å². The molecule has 3 aromatic heterocycles. The smallest absolute Gasteiger partial charge is 0.153 e. The molecule has 0 saturated heterocycles. The van der Waals surface area contributed by atoms with Gasteiger partial charge < -0.3 is 5.32 Å². The van der Waals surface area contributed by atoms with Crippen LogP contribution in [0.4, 0.5) is 0 Å². The van der Waals surface area contributed by atoms with E-state index >= 15 is 0 Å². The average Bonchev–Trinajstić information content (AvgIpc) is 2.87. The van der Waals surface area contributed by atoms with Gasteiger partial charge in [0, 0.05) is 30.9 Å². The van der Waals surface area contributed by atoms with Crippen molar-refractivity contribution < 1.29 is 0 Å². The third-order valence-electron chi connectivity index (χ3n) is 2.96. The number of rotatable bonds is 4.